The Labute approximate surface area is 149 Å². The third-order valence-electron chi connectivity index (χ3n) is 4.96. The number of piperidine rings is 3. The molecule has 3 N–H and O–H groups in total. The van der Waals surface area contributed by atoms with Gasteiger partial charge in [-0.05, 0) is 31.2 Å². The van der Waals surface area contributed by atoms with Crippen molar-refractivity contribution in [2.45, 2.75) is 25.4 Å². The summed E-state index contributed by atoms with van der Waals surface area (Å²) in [6, 6.07) is 1.74. The maximum atomic E-state index is 12.6. The Hall–Kier alpha value is -2.43. The second-order valence-corrected chi connectivity index (χ2v) is 7.44. The Morgan fingerprint density at radius 1 is 1.36 bits per heavy atom. The van der Waals surface area contributed by atoms with Crippen LogP contribution < -0.4 is 11.1 Å². The molecular weight excluding hydrogens is 336 g/mol. The summed E-state index contributed by atoms with van der Waals surface area (Å²) in [5, 5.41) is 5.78. The molecule has 0 spiro atoms. The van der Waals surface area contributed by atoms with Gasteiger partial charge >= 0.3 is 0 Å². The molecule has 7 heteroatoms. The van der Waals surface area contributed by atoms with Crippen LogP contribution in [0.4, 0.5) is 0 Å². The van der Waals surface area contributed by atoms with Crippen LogP contribution in [0, 0.1) is 17.8 Å². The first-order valence-corrected chi connectivity index (χ1v) is 9.22. The van der Waals surface area contributed by atoms with Crippen LogP contribution in [0.3, 0.4) is 0 Å². The van der Waals surface area contributed by atoms with E-state index in [0.29, 0.717) is 11.3 Å². The van der Waals surface area contributed by atoms with Gasteiger partial charge in [0.05, 0.1) is 10.9 Å². The highest BCUT2D eigenvalue weighted by molar-refractivity contribution is 7.17. The molecule has 3 fully saturated rings. The van der Waals surface area contributed by atoms with E-state index in [1.807, 2.05) is 5.38 Å². The highest BCUT2D eigenvalue weighted by Crippen LogP contribution is 2.31. The van der Waals surface area contributed by atoms with E-state index in [-0.39, 0.29) is 12.1 Å². The van der Waals surface area contributed by atoms with Gasteiger partial charge in [0.25, 0.3) is 11.8 Å². The molecule has 0 aromatic carbocycles. The Balaban J connectivity index is 1.56. The lowest BCUT2D eigenvalue weighted by molar-refractivity contribution is -0.112. The van der Waals surface area contributed by atoms with Crippen molar-refractivity contribution in [3.63, 3.8) is 0 Å². The second-order valence-electron chi connectivity index (χ2n) is 6.53. The van der Waals surface area contributed by atoms with Crippen molar-refractivity contribution in [2.24, 2.45) is 11.7 Å². The molecule has 1 atom stereocenters. The SMILES string of the molecule is NC(=O)C#Cc1csc2cnc(C(=O)NC3CC4CCN3CC4)cc12. The summed E-state index contributed by atoms with van der Waals surface area (Å²) in [7, 11) is 0. The van der Waals surface area contributed by atoms with Gasteiger partial charge in [0.2, 0.25) is 0 Å². The lowest BCUT2D eigenvalue weighted by Gasteiger charge is -2.45. The number of hydrogen-bond acceptors (Lipinski definition) is 5. The van der Waals surface area contributed by atoms with E-state index in [1.165, 1.54) is 24.2 Å². The van der Waals surface area contributed by atoms with Crippen LogP contribution >= 0.6 is 11.3 Å². The van der Waals surface area contributed by atoms with Gasteiger partial charge in [-0.15, -0.1) is 11.3 Å². The first-order valence-electron chi connectivity index (χ1n) is 8.34. The van der Waals surface area contributed by atoms with E-state index in [9.17, 15) is 9.59 Å². The molecule has 1 unspecified atom stereocenters. The molecule has 0 radical (unpaired) electrons. The molecule has 2 bridgehead atoms. The fourth-order valence-corrected chi connectivity index (χ4v) is 4.46. The predicted molar refractivity (Wildman–Crippen MR) is 95.9 cm³/mol. The molecule has 25 heavy (non-hydrogen) atoms. The third kappa shape index (κ3) is 3.23. The van der Waals surface area contributed by atoms with Gasteiger partial charge in [-0.2, -0.15) is 0 Å². The Morgan fingerprint density at radius 3 is 2.84 bits per heavy atom. The van der Waals surface area contributed by atoms with E-state index >= 15 is 0 Å². The van der Waals surface area contributed by atoms with Crippen molar-refractivity contribution in [3.8, 4) is 11.8 Å². The van der Waals surface area contributed by atoms with Gasteiger partial charge in [-0.3, -0.25) is 14.5 Å². The van der Waals surface area contributed by atoms with Gasteiger partial charge in [-0.1, -0.05) is 5.92 Å². The zero-order valence-corrected chi connectivity index (χ0v) is 14.4. The summed E-state index contributed by atoms with van der Waals surface area (Å²) < 4.78 is 0.922. The molecular formula is C18H18N4O2S. The second kappa shape index (κ2) is 6.47. The van der Waals surface area contributed by atoms with E-state index in [1.54, 1.807) is 12.3 Å². The van der Waals surface area contributed by atoms with Crippen LogP contribution in [-0.4, -0.2) is 41.0 Å². The molecule has 3 aliphatic rings. The number of carbonyl (C=O) groups is 2. The topological polar surface area (TPSA) is 88.3 Å². The van der Waals surface area contributed by atoms with E-state index in [4.69, 9.17) is 5.73 Å². The Kier molecular flexibility index (Phi) is 4.15. The number of aromatic nitrogens is 1. The Bertz CT molecular complexity index is 903. The quantitative estimate of drug-likeness (QED) is 0.796. The lowest BCUT2D eigenvalue weighted by atomic mass is 9.86. The first kappa shape index (κ1) is 16.1. The average Bonchev–Trinajstić information content (AvgIpc) is 3.03. The molecule has 5 heterocycles. The van der Waals surface area contributed by atoms with Crippen LogP contribution in [0.15, 0.2) is 17.6 Å². The van der Waals surface area contributed by atoms with Crippen LogP contribution in [-0.2, 0) is 4.79 Å². The molecule has 0 saturated carbocycles. The molecule has 2 aromatic rings. The van der Waals surface area contributed by atoms with Crippen LogP contribution in [0.5, 0.6) is 0 Å². The predicted octanol–water partition coefficient (Wildman–Crippen LogP) is 1.30. The highest BCUT2D eigenvalue weighted by Gasteiger charge is 2.34. The molecule has 0 aliphatic carbocycles. The number of nitrogens with zero attached hydrogens (tertiary/aromatic N) is 2. The number of amides is 2. The standard InChI is InChI=1S/C18H18N4O2S/c19-16(23)2-1-12-10-25-15-9-20-14(8-13(12)15)18(24)21-17-7-11-3-5-22(17)6-4-11/h8-11,17H,3-7H2,(H2,19,23)(H,21,24). The number of rotatable bonds is 2. The van der Waals surface area contributed by atoms with Crippen molar-refractivity contribution in [3.05, 3.63) is 28.9 Å². The third-order valence-corrected chi connectivity index (χ3v) is 5.89. The zero-order valence-electron chi connectivity index (χ0n) is 13.6. The number of thiophene rings is 1. The minimum absolute atomic E-state index is 0.106. The van der Waals surface area contributed by atoms with Crippen LogP contribution in [0.25, 0.3) is 10.1 Å². The summed E-state index contributed by atoms with van der Waals surface area (Å²) in [6.07, 6.45) is 5.26. The number of nitrogens with two attached hydrogens (primary N) is 1. The average molecular weight is 354 g/mol. The normalized spacial score (nSPS) is 24.6. The molecule has 128 valence electrons. The molecule has 2 amide bonds. The van der Waals surface area contributed by atoms with Crippen molar-refractivity contribution in [1.82, 2.24) is 15.2 Å². The summed E-state index contributed by atoms with van der Waals surface area (Å²) in [5.74, 6) is 4.98. The highest BCUT2D eigenvalue weighted by atomic mass is 32.1. The molecule has 2 aromatic heterocycles. The number of nitrogens with one attached hydrogen (secondary N) is 1. The van der Waals surface area contributed by atoms with Gasteiger partial charge in [0.1, 0.15) is 5.69 Å². The fraction of sp³-hybridized carbons (Fsp3) is 0.389. The van der Waals surface area contributed by atoms with Crippen molar-refractivity contribution >= 4 is 33.2 Å². The van der Waals surface area contributed by atoms with E-state index in [2.05, 4.69) is 27.0 Å². The molecule has 3 aliphatic heterocycles. The number of primary amides is 1. The smallest absolute Gasteiger partial charge is 0.293 e. The number of carbonyl (C=O) groups excluding carboxylic acids is 2. The van der Waals surface area contributed by atoms with Crippen molar-refractivity contribution < 1.29 is 9.59 Å². The van der Waals surface area contributed by atoms with Crippen LogP contribution in [0.1, 0.15) is 35.3 Å². The Morgan fingerprint density at radius 2 is 2.16 bits per heavy atom. The molecule has 5 rings (SSSR count). The first-order chi connectivity index (χ1) is 12.1. The zero-order chi connectivity index (χ0) is 17.4. The summed E-state index contributed by atoms with van der Waals surface area (Å²) in [4.78, 5) is 30.1. The maximum Gasteiger partial charge on any atom is 0.293 e. The molecule has 3 saturated heterocycles. The van der Waals surface area contributed by atoms with E-state index < -0.39 is 5.91 Å². The van der Waals surface area contributed by atoms with Gasteiger partial charge < -0.3 is 11.1 Å². The maximum absolute atomic E-state index is 12.6. The number of fused-ring (bicyclic) bond motifs is 4. The monoisotopic (exact) mass is 354 g/mol. The summed E-state index contributed by atoms with van der Waals surface area (Å²) in [5.41, 5.74) is 6.14. The van der Waals surface area contributed by atoms with Gasteiger partial charge in [0.15, 0.2) is 0 Å². The minimum atomic E-state index is -0.673. The molecule has 6 nitrogen and oxygen atoms in total. The van der Waals surface area contributed by atoms with Crippen molar-refractivity contribution in [1.29, 1.82) is 0 Å². The van der Waals surface area contributed by atoms with Crippen LogP contribution in [0.2, 0.25) is 0 Å². The number of pyridine rings is 1. The summed E-state index contributed by atoms with van der Waals surface area (Å²) in [6.45, 7) is 2.11. The summed E-state index contributed by atoms with van der Waals surface area (Å²) >= 11 is 1.47. The number of hydrogen-bond donors (Lipinski definition) is 2. The fourth-order valence-electron chi connectivity index (χ4n) is 3.62. The van der Waals surface area contributed by atoms with E-state index in [0.717, 1.165) is 35.5 Å². The largest absolute Gasteiger partial charge is 0.359 e. The minimum Gasteiger partial charge on any atom is -0.359 e. The van der Waals surface area contributed by atoms with Gasteiger partial charge in [-0.25, -0.2) is 4.98 Å². The lowest BCUT2D eigenvalue weighted by Crippen LogP contribution is -2.56. The van der Waals surface area contributed by atoms with Gasteiger partial charge in [0, 0.05) is 41.5 Å². The van der Waals surface area contributed by atoms with Crippen molar-refractivity contribution in [2.75, 3.05) is 13.1 Å².